The van der Waals surface area contributed by atoms with E-state index in [1.807, 2.05) is 0 Å². The maximum absolute atomic E-state index is 13.2. The molecule has 1 atom stereocenters. The van der Waals surface area contributed by atoms with Crippen molar-refractivity contribution in [1.29, 1.82) is 0 Å². The molecule has 6 nitrogen and oxygen atoms in total. The summed E-state index contributed by atoms with van der Waals surface area (Å²) in [7, 11) is -1.89. The Kier molecular flexibility index (Phi) is 5.91. The third-order valence-electron chi connectivity index (χ3n) is 4.46. The fourth-order valence-corrected chi connectivity index (χ4v) is 4.14. The number of hydrogen-bond donors (Lipinski definition) is 2. The van der Waals surface area contributed by atoms with Crippen LogP contribution in [0.2, 0.25) is 0 Å². The predicted octanol–water partition coefficient (Wildman–Crippen LogP) is 2.91. The number of nitrogens with zero attached hydrogens (tertiary/aromatic N) is 2. The summed E-state index contributed by atoms with van der Waals surface area (Å²) in [5.41, 5.74) is -0.184. The van der Waals surface area contributed by atoms with Crippen molar-refractivity contribution in [2.24, 2.45) is 5.92 Å². The van der Waals surface area contributed by atoms with Gasteiger partial charge in [0, 0.05) is 25.4 Å². The van der Waals surface area contributed by atoms with Gasteiger partial charge in [0.1, 0.15) is 22.3 Å². The lowest BCUT2D eigenvalue weighted by Gasteiger charge is -2.29. The summed E-state index contributed by atoms with van der Waals surface area (Å²) in [5.74, 6) is -0.616. The zero-order valence-corrected chi connectivity index (χ0v) is 15.8. The molecule has 146 valence electrons. The molecule has 1 aromatic heterocycles. The van der Waals surface area contributed by atoms with Crippen molar-refractivity contribution in [3.05, 3.63) is 48.2 Å². The van der Waals surface area contributed by atoms with Crippen molar-refractivity contribution in [2.45, 2.75) is 17.7 Å². The largest absolute Gasteiger partial charge is 0.370 e. The van der Waals surface area contributed by atoms with Gasteiger partial charge in [-0.25, -0.2) is 22.2 Å². The molecule has 2 aromatic rings. The highest BCUT2D eigenvalue weighted by Crippen LogP contribution is 2.20. The number of halogens is 2. The lowest BCUT2D eigenvalue weighted by molar-refractivity contribution is 0.217. The van der Waals surface area contributed by atoms with Gasteiger partial charge in [0.15, 0.2) is 0 Å². The zero-order valence-electron chi connectivity index (χ0n) is 15.0. The number of aromatic nitrogens is 1. The molecular weight excluding hydrogens is 374 g/mol. The van der Waals surface area contributed by atoms with Gasteiger partial charge in [0.25, 0.3) is 10.0 Å². The standard InChI is InChI=1S/C18H22F2N4O2S/c1-24-6-2-3-13(12-24)10-21-18-5-4-17(11-22-18)27(25,26)23-16-8-14(19)7-15(20)9-16/h4-5,7-9,11,13,23H,2-3,6,10,12H2,1H3,(H,21,22). The average Bonchev–Trinajstić information content (AvgIpc) is 2.59. The van der Waals surface area contributed by atoms with Gasteiger partial charge in [-0.2, -0.15) is 0 Å². The molecule has 27 heavy (non-hydrogen) atoms. The first-order valence-corrected chi connectivity index (χ1v) is 10.2. The summed E-state index contributed by atoms with van der Waals surface area (Å²) in [5, 5.41) is 3.23. The molecule has 1 fully saturated rings. The minimum absolute atomic E-state index is 0.0879. The number of rotatable bonds is 6. The molecule has 1 saturated heterocycles. The summed E-state index contributed by atoms with van der Waals surface area (Å²) in [6, 6.07) is 5.47. The number of benzene rings is 1. The number of pyridine rings is 1. The molecule has 9 heteroatoms. The molecule has 1 unspecified atom stereocenters. The van der Waals surface area contributed by atoms with E-state index in [9.17, 15) is 17.2 Å². The first-order valence-electron chi connectivity index (χ1n) is 8.69. The van der Waals surface area contributed by atoms with Crippen molar-refractivity contribution in [1.82, 2.24) is 9.88 Å². The second kappa shape index (κ2) is 8.18. The molecule has 3 rings (SSSR count). The monoisotopic (exact) mass is 396 g/mol. The van der Waals surface area contributed by atoms with E-state index in [1.165, 1.54) is 18.7 Å². The summed E-state index contributed by atoms with van der Waals surface area (Å²) in [4.78, 5) is 6.34. The van der Waals surface area contributed by atoms with Crippen LogP contribution in [0, 0.1) is 17.6 Å². The predicted molar refractivity (Wildman–Crippen MR) is 100 cm³/mol. The van der Waals surface area contributed by atoms with Gasteiger partial charge in [-0.1, -0.05) is 0 Å². The molecule has 0 aliphatic carbocycles. The highest BCUT2D eigenvalue weighted by molar-refractivity contribution is 7.92. The number of nitrogens with one attached hydrogen (secondary N) is 2. The SMILES string of the molecule is CN1CCCC(CNc2ccc(S(=O)(=O)Nc3cc(F)cc(F)c3)cn2)C1. The Morgan fingerprint density at radius 2 is 1.96 bits per heavy atom. The Balaban J connectivity index is 1.63. The maximum Gasteiger partial charge on any atom is 0.263 e. The molecule has 0 radical (unpaired) electrons. The normalized spacial score (nSPS) is 18.3. The lowest BCUT2D eigenvalue weighted by Crippen LogP contribution is -2.35. The van der Waals surface area contributed by atoms with E-state index < -0.39 is 21.7 Å². The molecule has 0 bridgehead atoms. The van der Waals surface area contributed by atoms with Crippen LogP contribution in [0.25, 0.3) is 0 Å². The van der Waals surface area contributed by atoms with Gasteiger partial charge in [0.2, 0.25) is 0 Å². The highest BCUT2D eigenvalue weighted by atomic mass is 32.2. The number of hydrogen-bond acceptors (Lipinski definition) is 5. The van der Waals surface area contributed by atoms with E-state index in [1.54, 1.807) is 6.07 Å². The molecular formula is C18H22F2N4O2S. The summed E-state index contributed by atoms with van der Waals surface area (Å²) >= 11 is 0. The minimum Gasteiger partial charge on any atom is -0.370 e. The van der Waals surface area contributed by atoms with Crippen LogP contribution in [0.1, 0.15) is 12.8 Å². The van der Waals surface area contributed by atoms with Crippen molar-refractivity contribution >= 4 is 21.5 Å². The number of likely N-dealkylation sites (tertiary alicyclic amines) is 1. The van der Waals surface area contributed by atoms with Crippen LogP contribution in [-0.2, 0) is 10.0 Å². The van der Waals surface area contributed by atoms with Crippen molar-refractivity contribution in [2.75, 3.05) is 36.7 Å². The Bertz CT molecular complexity index is 870. The third kappa shape index (κ3) is 5.36. The van der Waals surface area contributed by atoms with Gasteiger partial charge in [0.05, 0.1) is 5.69 Å². The van der Waals surface area contributed by atoms with E-state index >= 15 is 0 Å². The van der Waals surface area contributed by atoms with Gasteiger partial charge in [-0.15, -0.1) is 0 Å². The van der Waals surface area contributed by atoms with Crippen LogP contribution in [0.3, 0.4) is 0 Å². The van der Waals surface area contributed by atoms with E-state index in [2.05, 4.69) is 27.0 Å². The van der Waals surface area contributed by atoms with Crippen molar-refractivity contribution < 1.29 is 17.2 Å². The number of sulfonamides is 1. The molecule has 0 amide bonds. The van der Waals surface area contributed by atoms with Gasteiger partial charge < -0.3 is 10.2 Å². The minimum atomic E-state index is -3.99. The zero-order chi connectivity index (χ0) is 19.4. The Labute approximate surface area is 157 Å². The Morgan fingerprint density at radius 3 is 2.59 bits per heavy atom. The Morgan fingerprint density at radius 1 is 1.22 bits per heavy atom. The molecule has 1 aliphatic rings. The third-order valence-corrected chi connectivity index (χ3v) is 5.82. The van der Waals surface area contributed by atoms with E-state index in [0.717, 1.165) is 38.2 Å². The maximum atomic E-state index is 13.2. The van der Waals surface area contributed by atoms with Crippen molar-refractivity contribution in [3.8, 4) is 0 Å². The molecule has 0 spiro atoms. The van der Waals surface area contributed by atoms with Crippen LogP contribution >= 0.6 is 0 Å². The average molecular weight is 396 g/mol. The first kappa shape index (κ1) is 19.5. The van der Waals surface area contributed by atoms with Crippen molar-refractivity contribution in [3.63, 3.8) is 0 Å². The molecule has 1 aromatic carbocycles. The van der Waals surface area contributed by atoms with Gasteiger partial charge in [-0.05, 0) is 56.6 Å². The Hall–Kier alpha value is -2.26. The summed E-state index contributed by atoms with van der Waals surface area (Å²) in [6.45, 7) is 2.90. The topological polar surface area (TPSA) is 74.3 Å². The molecule has 2 N–H and O–H groups in total. The molecule has 0 saturated carbocycles. The smallest absolute Gasteiger partial charge is 0.263 e. The summed E-state index contributed by atoms with van der Waals surface area (Å²) in [6.07, 6.45) is 3.53. The molecule has 1 aliphatic heterocycles. The fourth-order valence-electron chi connectivity index (χ4n) is 3.16. The lowest BCUT2D eigenvalue weighted by atomic mass is 9.98. The van der Waals surface area contributed by atoms with Crippen LogP contribution in [0.5, 0.6) is 0 Å². The van der Waals surface area contributed by atoms with E-state index in [0.29, 0.717) is 17.8 Å². The van der Waals surface area contributed by atoms with Crippen LogP contribution in [0.15, 0.2) is 41.4 Å². The van der Waals surface area contributed by atoms with Crippen LogP contribution in [0.4, 0.5) is 20.3 Å². The second-order valence-electron chi connectivity index (χ2n) is 6.79. The second-order valence-corrected chi connectivity index (χ2v) is 8.48. The van der Waals surface area contributed by atoms with E-state index in [4.69, 9.17) is 0 Å². The highest BCUT2D eigenvalue weighted by Gasteiger charge is 2.18. The van der Waals surface area contributed by atoms with E-state index in [-0.39, 0.29) is 10.6 Å². The number of anilines is 2. The quantitative estimate of drug-likeness (QED) is 0.785. The first-order chi connectivity index (χ1) is 12.8. The van der Waals surface area contributed by atoms with Crippen LogP contribution < -0.4 is 10.0 Å². The van der Waals surface area contributed by atoms with Gasteiger partial charge >= 0.3 is 0 Å². The number of piperidine rings is 1. The summed E-state index contributed by atoms with van der Waals surface area (Å²) < 4.78 is 53.3. The fraction of sp³-hybridized carbons (Fsp3) is 0.389. The van der Waals surface area contributed by atoms with Gasteiger partial charge in [-0.3, -0.25) is 4.72 Å². The molecule has 2 heterocycles. The van der Waals surface area contributed by atoms with Crippen LogP contribution in [-0.4, -0.2) is 45.0 Å².